The fraction of sp³-hybridized carbons (Fsp3) is 0.500. The topological polar surface area (TPSA) is 58.1 Å². The molecule has 1 rings (SSSR count). The number of carbonyl (C=O) groups is 1. The average Bonchev–Trinajstić information content (AvgIpc) is 2.22. The second-order valence-corrected chi connectivity index (χ2v) is 4.23. The number of nitrogens with one attached hydrogen (secondary N) is 1. The molecule has 0 saturated heterocycles. The molecule has 0 spiro atoms. The van der Waals surface area contributed by atoms with E-state index in [-0.39, 0.29) is 17.5 Å². The van der Waals surface area contributed by atoms with Crippen molar-refractivity contribution in [3.05, 3.63) is 17.0 Å². The summed E-state index contributed by atoms with van der Waals surface area (Å²) in [4.78, 5) is 19.8. The lowest BCUT2D eigenvalue weighted by Gasteiger charge is -2.19. The molecule has 0 aromatic carbocycles. The van der Waals surface area contributed by atoms with Crippen LogP contribution < -0.4 is 5.32 Å². The van der Waals surface area contributed by atoms with Crippen molar-refractivity contribution in [2.45, 2.75) is 13.1 Å². The number of amides is 1. The fourth-order valence-corrected chi connectivity index (χ4v) is 1.51. The quantitative estimate of drug-likeness (QED) is 0.862. The van der Waals surface area contributed by atoms with Crippen molar-refractivity contribution in [2.24, 2.45) is 0 Å². The number of hydrogen-bond donors (Lipinski definition) is 1. The van der Waals surface area contributed by atoms with Crippen molar-refractivity contribution < 1.29 is 18.0 Å². The minimum atomic E-state index is -4.42. The minimum absolute atomic E-state index is 0.186. The Morgan fingerprint density at radius 3 is 2.63 bits per heavy atom. The largest absolute Gasteiger partial charge is 0.406 e. The molecule has 0 radical (unpaired) electrons. The number of carbonyl (C=O) groups excluding carboxylic acids is 1. The highest BCUT2D eigenvalue weighted by atomic mass is 35.5. The van der Waals surface area contributed by atoms with Crippen LogP contribution in [0.2, 0.25) is 5.15 Å². The second kappa shape index (κ2) is 6.05. The summed E-state index contributed by atoms with van der Waals surface area (Å²) in [6, 6.07) is 1.38. The number of likely N-dealkylation sites (N-methyl/N-ethyl adjacent to an activating group) is 1. The van der Waals surface area contributed by atoms with Gasteiger partial charge in [0.2, 0.25) is 5.91 Å². The zero-order valence-corrected chi connectivity index (χ0v) is 11.0. The third-order valence-electron chi connectivity index (χ3n) is 2.07. The van der Waals surface area contributed by atoms with Crippen molar-refractivity contribution in [3.8, 4) is 0 Å². The molecule has 0 unspecified atom stereocenters. The van der Waals surface area contributed by atoms with Crippen LogP contribution in [0.1, 0.15) is 5.82 Å². The van der Waals surface area contributed by atoms with Gasteiger partial charge < -0.3 is 10.2 Å². The predicted octanol–water partition coefficient (Wildman–Crippen LogP) is 1.87. The average molecular weight is 297 g/mol. The highest BCUT2D eigenvalue weighted by Gasteiger charge is 2.30. The predicted molar refractivity (Wildman–Crippen MR) is 64.0 cm³/mol. The van der Waals surface area contributed by atoms with E-state index in [2.05, 4.69) is 15.3 Å². The van der Waals surface area contributed by atoms with E-state index in [4.69, 9.17) is 11.6 Å². The molecule has 5 nitrogen and oxygen atoms in total. The Balaban J connectivity index is 2.54. The number of nitrogens with zero attached hydrogens (tertiary/aromatic N) is 3. The van der Waals surface area contributed by atoms with Gasteiger partial charge in [0, 0.05) is 13.1 Å². The van der Waals surface area contributed by atoms with E-state index in [0.717, 1.165) is 7.05 Å². The van der Waals surface area contributed by atoms with Gasteiger partial charge in [0.15, 0.2) is 0 Å². The molecule has 1 N–H and O–H groups in total. The van der Waals surface area contributed by atoms with Crippen molar-refractivity contribution in [1.29, 1.82) is 0 Å². The first-order valence-corrected chi connectivity index (χ1v) is 5.61. The van der Waals surface area contributed by atoms with Crippen LogP contribution in [0.5, 0.6) is 0 Å². The van der Waals surface area contributed by atoms with E-state index in [1.54, 1.807) is 6.92 Å². The van der Waals surface area contributed by atoms with Gasteiger partial charge in [0.05, 0.1) is 6.54 Å². The Bertz CT molecular complexity index is 446. The third kappa shape index (κ3) is 5.73. The Hall–Kier alpha value is -1.57. The number of hydrogen-bond acceptors (Lipinski definition) is 4. The molecule has 0 fully saturated rings. The smallest absolute Gasteiger partial charge is 0.361 e. The SMILES string of the molecule is Cc1nc(Cl)cc(NCC(=O)N(C)CC(F)(F)F)n1. The normalized spacial score (nSPS) is 11.3. The zero-order valence-electron chi connectivity index (χ0n) is 10.3. The maximum absolute atomic E-state index is 12.1. The summed E-state index contributed by atoms with van der Waals surface area (Å²) in [6.45, 7) is 0.00505. The van der Waals surface area contributed by atoms with Crippen molar-refractivity contribution in [3.63, 3.8) is 0 Å². The van der Waals surface area contributed by atoms with Gasteiger partial charge in [-0.25, -0.2) is 9.97 Å². The van der Waals surface area contributed by atoms with Crippen molar-refractivity contribution >= 4 is 23.3 Å². The van der Waals surface area contributed by atoms with E-state index < -0.39 is 18.6 Å². The summed E-state index contributed by atoms with van der Waals surface area (Å²) in [5.74, 6) is -0.0259. The third-order valence-corrected chi connectivity index (χ3v) is 2.26. The minimum Gasteiger partial charge on any atom is -0.361 e. The first kappa shape index (κ1) is 15.5. The van der Waals surface area contributed by atoms with E-state index in [1.165, 1.54) is 6.07 Å². The second-order valence-electron chi connectivity index (χ2n) is 3.84. The lowest BCUT2D eigenvalue weighted by Crippen LogP contribution is -2.39. The van der Waals surface area contributed by atoms with Gasteiger partial charge in [-0.3, -0.25) is 4.79 Å². The molecule has 19 heavy (non-hydrogen) atoms. The maximum atomic E-state index is 12.1. The molecular weight excluding hydrogens is 285 g/mol. The Labute approximate surface area is 112 Å². The number of rotatable bonds is 4. The van der Waals surface area contributed by atoms with Gasteiger partial charge in [-0.15, -0.1) is 0 Å². The Morgan fingerprint density at radius 1 is 1.47 bits per heavy atom. The molecule has 9 heteroatoms. The number of aromatic nitrogens is 2. The monoisotopic (exact) mass is 296 g/mol. The maximum Gasteiger partial charge on any atom is 0.406 e. The molecule has 0 aliphatic carbocycles. The number of anilines is 1. The van der Waals surface area contributed by atoms with Crippen molar-refractivity contribution in [1.82, 2.24) is 14.9 Å². The van der Waals surface area contributed by atoms with Crippen LogP contribution in [0, 0.1) is 6.92 Å². The molecule has 0 bridgehead atoms. The first-order chi connectivity index (χ1) is 8.67. The molecule has 0 aliphatic heterocycles. The van der Waals surface area contributed by atoms with Crippen LogP contribution in [0.25, 0.3) is 0 Å². The summed E-state index contributed by atoms with van der Waals surface area (Å²) < 4.78 is 36.2. The lowest BCUT2D eigenvalue weighted by atomic mass is 10.4. The molecule has 0 saturated carbocycles. The van der Waals surface area contributed by atoms with Crippen LogP contribution >= 0.6 is 11.6 Å². The van der Waals surface area contributed by atoms with Gasteiger partial charge in [-0.2, -0.15) is 13.2 Å². The molecule has 106 valence electrons. The summed E-state index contributed by atoms with van der Waals surface area (Å²) in [7, 11) is 1.08. The van der Waals surface area contributed by atoms with E-state index in [1.807, 2.05) is 0 Å². The highest BCUT2D eigenvalue weighted by Crippen LogP contribution is 2.15. The summed E-state index contributed by atoms with van der Waals surface area (Å²) in [5.41, 5.74) is 0. The molecule has 0 atom stereocenters. The number of halogens is 4. The highest BCUT2D eigenvalue weighted by molar-refractivity contribution is 6.29. The first-order valence-electron chi connectivity index (χ1n) is 5.23. The Morgan fingerprint density at radius 2 is 2.11 bits per heavy atom. The van der Waals surface area contributed by atoms with Gasteiger partial charge in [-0.1, -0.05) is 11.6 Å². The number of aryl methyl sites for hydroxylation is 1. The molecule has 0 aliphatic rings. The molecule has 1 aromatic rings. The molecule has 1 amide bonds. The lowest BCUT2D eigenvalue weighted by molar-refractivity contribution is -0.157. The van der Waals surface area contributed by atoms with Crippen molar-refractivity contribution in [2.75, 3.05) is 25.5 Å². The Kier molecular flexibility index (Phi) is 4.93. The van der Waals surface area contributed by atoms with Gasteiger partial charge in [-0.05, 0) is 6.92 Å². The standard InChI is InChI=1S/C10H12ClF3N4O/c1-6-16-7(11)3-8(17-6)15-4-9(19)18(2)5-10(12,13)14/h3H,4-5H2,1-2H3,(H,15,16,17). The van der Waals surface area contributed by atoms with Gasteiger partial charge in [0.25, 0.3) is 0 Å². The van der Waals surface area contributed by atoms with Gasteiger partial charge >= 0.3 is 6.18 Å². The van der Waals surface area contributed by atoms with Crippen LogP contribution in [-0.2, 0) is 4.79 Å². The molecule has 1 heterocycles. The summed E-state index contributed by atoms with van der Waals surface area (Å²) in [6.07, 6.45) is -4.42. The fourth-order valence-electron chi connectivity index (χ4n) is 1.28. The van der Waals surface area contributed by atoms with E-state index in [9.17, 15) is 18.0 Å². The van der Waals surface area contributed by atoms with E-state index >= 15 is 0 Å². The van der Waals surface area contributed by atoms with Gasteiger partial charge in [0.1, 0.15) is 23.3 Å². The van der Waals surface area contributed by atoms with Crippen LogP contribution in [0.4, 0.5) is 19.0 Å². The summed E-state index contributed by atoms with van der Waals surface area (Å²) in [5, 5.41) is 2.78. The molecule has 1 aromatic heterocycles. The summed E-state index contributed by atoms with van der Waals surface area (Å²) >= 11 is 5.68. The van der Waals surface area contributed by atoms with Crippen LogP contribution in [0.15, 0.2) is 6.07 Å². The number of alkyl halides is 3. The van der Waals surface area contributed by atoms with E-state index in [0.29, 0.717) is 10.7 Å². The zero-order chi connectivity index (χ0) is 14.6. The van der Waals surface area contributed by atoms with Crippen LogP contribution in [-0.4, -0.2) is 47.1 Å². The molecular formula is C10H12ClF3N4O. The van der Waals surface area contributed by atoms with Crippen LogP contribution in [0.3, 0.4) is 0 Å².